The van der Waals surface area contributed by atoms with E-state index in [0.29, 0.717) is 18.7 Å². The molecule has 0 saturated heterocycles. The SMILES string of the molecule is COc1cccc(CCNC(=O)CNC(=O)COc2ccc(C)cc2)c1. The summed E-state index contributed by atoms with van der Waals surface area (Å²) in [5.74, 6) is 0.827. The summed E-state index contributed by atoms with van der Waals surface area (Å²) in [4.78, 5) is 23.5. The third kappa shape index (κ3) is 6.84. The van der Waals surface area contributed by atoms with Gasteiger partial charge in [-0.2, -0.15) is 0 Å². The topological polar surface area (TPSA) is 76.7 Å². The fraction of sp³-hybridized carbons (Fsp3) is 0.300. The maximum absolute atomic E-state index is 11.8. The van der Waals surface area contributed by atoms with Crippen LogP contribution in [0.1, 0.15) is 11.1 Å². The van der Waals surface area contributed by atoms with Gasteiger partial charge in [0, 0.05) is 6.54 Å². The first-order chi connectivity index (χ1) is 12.6. The Morgan fingerprint density at radius 3 is 2.46 bits per heavy atom. The molecule has 0 spiro atoms. The second-order valence-corrected chi connectivity index (χ2v) is 5.83. The Balaban J connectivity index is 1.61. The number of hydrogen-bond donors (Lipinski definition) is 2. The molecular formula is C20H24N2O4. The summed E-state index contributed by atoms with van der Waals surface area (Å²) in [6, 6.07) is 15.1. The van der Waals surface area contributed by atoms with Crippen LogP contribution in [0, 0.1) is 6.92 Å². The average Bonchev–Trinajstić information content (AvgIpc) is 2.66. The standard InChI is InChI=1S/C20H24N2O4/c1-15-6-8-17(9-7-15)26-14-20(24)22-13-19(23)21-11-10-16-4-3-5-18(12-16)25-2/h3-9,12H,10-11,13-14H2,1-2H3,(H,21,23)(H,22,24). The van der Waals surface area contributed by atoms with E-state index in [1.807, 2.05) is 43.3 Å². The number of nitrogens with one attached hydrogen (secondary N) is 2. The van der Waals surface area contributed by atoms with Gasteiger partial charge in [-0.15, -0.1) is 0 Å². The molecule has 0 aliphatic heterocycles. The normalized spacial score (nSPS) is 10.1. The van der Waals surface area contributed by atoms with Crippen LogP contribution in [0.2, 0.25) is 0 Å². The Hall–Kier alpha value is -3.02. The van der Waals surface area contributed by atoms with Crippen LogP contribution in [0.25, 0.3) is 0 Å². The van der Waals surface area contributed by atoms with E-state index in [9.17, 15) is 9.59 Å². The number of methoxy groups -OCH3 is 1. The highest BCUT2D eigenvalue weighted by Crippen LogP contribution is 2.12. The summed E-state index contributed by atoms with van der Waals surface area (Å²) < 4.78 is 10.5. The highest BCUT2D eigenvalue weighted by Gasteiger charge is 2.06. The molecule has 6 nitrogen and oxygen atoms in total. The number of hydrogen-bond acceptors (Lipinski definition) is 4. The van der Waals surface area contributed by atoms with Crippen molar-refractivity contribution >= 4 is 11.8 Å². The van der Waals surface area contributed by atoms with E-state index >= 15 is 0 Å². The Kier molecular flexibility index (Phi) is 7.49. The third-order valence-electron chi connectivity index (χ3n) is 3.71. The number of rotatable bonds is 9. The molecule has 0 aliphatic rings. The van der Waals surface area contributed by atoms with E-state index in [2.05, 4.69) is 10.6 Å². The van der Waals surface area contributed by atoms with E-state index in [4.69, 9.17) is 9.47 Å². The molecule has 2 aromatic carbocycles. The Bertz CT molecular complexity index is 729. The number of benzene rings is 2. The zero-order chi connectivity index (χ0) is 18.8. The van der Waals surface area contributed by atoms with Crippen LogP contribution >= 0.6 is 0 Å². The largest absolute Gasteiger partial charge is 0.497 e. The molecule has 0 heterocycles. The zero-order valence-corrected chi connectivity index (χ0v) is 15.1. The summed E-state index contributed by atoms with van der Waals surface area (Å²) >= 11 is 0. The minimum atomic E-state index is -0.339. The van der Waals surface area contributed by atoms with E-state index < -0.39 is 0 Å². The van der Waals surface area contributed by atoms with Gasteiger partial charge in [-0.3, -0.25) is 9.59 Å². The van der Waals surface area contributed by atoms with Crippen molar-refractivity contribution in [1.82, 2.24) is 10.6 Å². The zero-order valence-electron chi connectivity index (χ0n) is 15.1. The molecule has 0 radical (unpaired) electrons. The lowest BCUT2D eigenvalue weighted by Crippen LogP contribution is -2.39. The summed E-state index contributed by atoms with van der Waals surface area (Å²) in [6.07, 6.45) is 0.688. The first-order valence-electron chi connectivity index (χ1n) is 8.42. The third-order valence-corrected chi connectivity index (χ3v) is 3.71. The van der Waals surface area contributed by atoms with Crippen molar-refractivity contribution in [2.75, 3.05) is 26.8 Å². The molecule has 0 saturated carbocycles. The molecule has 2 aromatic rings. The smallest absolute Gasteiger partial charge is 0.258 e. The summed E-state index contributed by atoms with van der Waals surface area (Å²) in [5, 5.41) is 5.30. The van der Waals surface area contributed by atoms with Crippen LogP contribution in [0.15, 0.2) is 48.5 Å². The van der Waals surface area contributed by atoms with Crippen LogP contribution in [-0.4, -0.2) is 38.6 Å². The summed E-state index contributed by atoms with van der Waals surface area (Å²) in [6.45, 7) is 2.26. The molecule has 26 heavy (non-hydrogen) atoms. The van der Waals surface area contributed by atoms with Gasteiger partial charge < -0.3 is 20.1 Å². The second kappa shape index (κ2) is 10.1. The summed E-state index contributed by atoms with van der Waals surface area (Å²) in [5.41, 5.74) is 2.19. The predicted molar refractivity (Wildman–Crippen MR) is 99.4 cm³/mol. The fourth-order valence-corrected chi connectivity index (χ4v) is 2.25. The lowest BCUT2D eigenvalue weighted by molar-refractivity contribution is -0.127. The molecule has 2 amide bonds. The van der Waals surface area contributed by atoms with Crippen molar-refractivity contribution in [1.29, 1.82) is 0 Å². The average molecular weight is 356 g/mol. The van der Waals surface area contributed by atoms with Crippen LogP contribution in [-0.2, 0) is 16.0 Å². The number of amides is 2. The van der Waals surface area contributed by atoms with Crippen molar-refractivity contribution in [3.8, 4) is 11.5 Å². The second-order valence-electron chi connectivity index (χ2n) is 5.83. The number of carbonyl (C=O) groups is 2. The van der Waals surface area contributed by atoms with Gasteiger partial charge in [-0.25, -0.2) is 0 Å². The highest BCUT2D eigenvalue weighted by molar-refractivity contribution is 5.85. The highest BCUT2D eigenvalue weighted by atomic mass is 16.5. The van der Waals surface area contributed by atoms with Gasteiger partial charge in [0.1, 0.15) is 11.5 Å². The van der Waals surface area contributed by atoms with Crippen LogP contribution < -0.4 is 20.1 Å². The van der Waals surface area contributed by atoms with Gasteiger partial charge in [-0.1, -0.05) is 29.8 Å². The molecule has 2 N–H and O–H groups in total. The molecule has 0 aromatic heterocycles. The fourth-order valence-electron chi connectivity index (χ4n) is 2.25. The van der Waals surface area contributed by atoms with E-state index in [-0.39, 0.29) is 25.0 Å². The van der Waals surface area contributed by atoms with Gasteiger partial charge in [0.25, 0.3) is 5.91 Å². The monoisotopic (exact) mass is 356 g/mol. The van der Waals surface area contributed by atoms with Crippen molar-refractivity contribution in [2.45, 2.75) is 13.3 Å². The van der Waals surface area contributed by atoms with Gasteiger partial charge in [0.15, 0.2) is 6.61 Å². The van der Waals surface area contributed by atoms with Crippen molar-refractivity contribution in [2.24, 2.45) is 0 Å². The molecule has 0 atom stereocenters. The van der Waals surface area contributed by atoms with Gasteiger partial charge in [-0.05, 0) is 43.2 Å². The van der Waals surface area contributed by atoms with Crippen molar-refractivity contribution < 1.29 is 19.1 Å². The number of ether oxygens (including phenoxy) is 2. The summed E-state index contributed by atoms with van der Waals surface area (Å²) in [7, 11) is 1.62. The van der Waals surface area contributed by atoms with Gasteiger partial charge >= 0.3 is 0 Å². The molecule has 0 bridgehead atoms. The quantitative estimate of drug-likeness (QED) is 0.719. The lowest BCUT2D eigenvalue weighted by atomic mass is 10.1. The Morgan fingerprint density at radius 1 is 0.962 bits per heavy atom. The van der Waals surface area contributed by atoms with Crippen LogP contribution in [0.5, 0.6) is 11.5 Å². The molecule has 2 rings (SSSR count). The molecule has 0 aliphatic carbocycles. The maximum atomic E-state index is 11.8. The van der Waals surface area contributed by atoms with Gasteiger partial charge in [0.05, 0.1) is 13.7 Å². The number of carbonyl (C=O) groups excluding carboxylic acids is 2. The molecule has 138 valence electrons. The minimum Gasteiger partial charge on any atom is -0.497 e. The van der Waals surface area contributed by atoms with Crippen LogP contribution in [0.3, 0.4) is 0 Å². The number of aryl methyl sites for hydroxylation is 1. The van der Waals surface area contributed by atoms with E-state index in [1.165, 1.54) is 0 Å². The van der Waals surface area contributed by atoms with E-state index in [1.54, 1.807) is 19.2 Å². The molecule has 0 fully saturated rings. The molecular weight excluding hydrogens is 332 g/mol. The van der Waals surface area contributed by atoms with Crippen molar-refractivity contribution in [3.05, 3.63) is 59.7 Å². The Morgan fingerprint density at radius 2 is 1.73 bits per heavy atom. The van der Waals surface area contributed by atoms with E-state index in [0.717, 1.165) is 16.9 Å². The lowest BCUT2D eigenvalue weighted by Gasteiger charge is -2.09. The Labute approximate surface area is 153 Å². The van der Waals surface area contributed by atoms with Crippen LogP contribution in [0.4, 0.5) is 0 Å². The molecule has 0 unspecified atom stereocenters. The molecule has 6 heteroatoms. The maximum Gasteiger partial charge on any atom is 0.258 e. The first-order valence-corrected chi connectivity index (χ1v) is 8.42. The van der Waals surface area contributed by atoms with Gasteiger partial charge in [0.2, 0.25) is 5.91 Å². The predicted octanol–water partition coefficient (Wildman–Crippen LogP) is 1.86. The first kappa shape index (κ1) is 19.3. The minimum absolute atomic E-state index is 0.0752. The van der Waals surface area contributed by atoms with Crippen molar-refractivity contribution in [3.63, 3.8) is 0 Å².